The summed E-state index contributed by atoms with van der Waals surface area (Å²) in [6, 6.07) is 0. The first kappa shape index (κ1) is 8.60. The van der Waals surface area contributed by atoms with Crippen LogP contribution in [0, 0.1) is 5.41 Å². The fraction of sp³-hybridized carbons (Fsp3) is 0.778. The third-order valence-corrected chi connectivity index (χ3v) is 2.19. The largest absolute Gasteiger partial charge is 0.501 e. The second kappa shape index (κ2) is 3.77. The van der Waals surface area contributed by atoms with E-state index in [2.05, 4.69) is 6.92 Å². The second-order valence-corrected chi connectivity index (χ2v) is 3.13. The molecule has 0 aliphatic carbocycles. The van der Waals surface area contributed by atoms with Crippen LogP contribution in [0.2, 0.25) is 0 Å². The molecule has 11 heavy (non-hydrogen) atoms. The van der Waals surface area contributed by atoms with Crippen molar-refractivity contribution in [1.82, 2.24) is 0 Å². The second-order valence-electron chi connectivity index (χ2n) is 3.13. The van der Waals surface area contributed by atoms with Crippen LogP contribution in [0.4, 0.5) is 0 Å². The highest BCUT2D eigenvalue weighted by Gasteiger charge is 2.37. The topological polar surface area (TPSA) is 18.5 Å². The lowest BCUT2D eigenvalue weighted by Gasteiger charge is -2.39. The van der Waals surface area contributed by atoms with Crippen LogP contribution in [0.1, 0.15) is 20.3 Å². The highest BCUT2D eigenvalue weighted by Crippen LogP contribution is 2.31. The van der Waals surface area contributed by atoms with E-state index in [0.29, 0.717) is 5.41 Å². The summed E-state index contributed by atoms with van der Waals surface area (Å²) in [4.78, 5) is 0. The van der Waals surface area contributed by atoms with Gasteiger partial charge in [0.25, 0.3) is 0 Å². The molecule has 0 bridgehead atoms. The van der Waals surface area contributed by atoms with Crippen LogP contribution in [0.15, 0.2) is 12.3 Å². The van der Waals surface area contributed by atoms with E-state index >= 15 is 0 Å². The molecule has 0 N–H and O–H groups in total. The smallest absolute Gasteiger partial charge is 0.0973 e. The van der Waals surface area contributed by atoms with Crippen molar-refractivity contribution < 1.29 is 9.47 Å². The lowest BCUT2D eigenvalue weighted by atomic mass is 9.84. The van der Waals surface area contributed by atoms with Gasteiger partial charge in [-0.2, -0.15) is 0 Å². The van der Waals surface area contributed by atoms with Gasteiger partial charge in [-0.1, -0.05) is 13.0 Å². The van der Waals surface area contributed by atoms with Crippen molar-refractivity contribution in [2.45, 2.75) is 20.3 Å². The van der Waals surface area contributed by atoms with Crippen LogP contribution in [0.3, 0.4) is 0 Å². The molecule has 0 unspecified atom stereocenters. The fourth-order valence-corrected chi connectivity index (χ4v) is 1.10. The zero-order valence-electron chi connectivity index (χ0n) is 7.30. The lowest BCUT2D eigenvalue weighted by Crippen LogP contribution is -2.45. The highest BCUT2D eigenvalue weighted by atomic mass is 16.5. The molecule has 2 heteroatoms. The third-order valence-electron chi connectivity index (χ3n) is 2.19. The van der Waals surface area contributed by atoms with E-state index in [-0.39, 0.29) is 0 Å². The molecule has 1 heterocycles. The maximum atomic E-state index is 5.32. The first-order valence-electron chi connectivity index (χ1n) is 4.13. The summed E-state index contributed by atoms with van der Waals surface area (Å²) in [5.74, 6) is 0. The summed E-state index contributed by atoms with van der Waals surface area (Å²) >= 11 is 0. The van der Waals surface area contributed by atoms with Crippen LogP contribution in [0.5, 0.6) is 0 Å². The Morgan fingerprint density at radius 1 is 1.55 bits per heavy atom. The van der Waals surface area contributed by atoms with Crippen LogP contribution in [-0.4, -0.2) is 19.8 Å². The maximum absolute atomic E-state index is 5.32. The molecule has 0 amide bonds. The average Bonchev–Trinajstić information content (AvgIpc) is 1.95. The minimum absolute atomic E-state index is 0.319. The Bertz CT molecular complexity index is 131. The van der Waals surface area contributed by atoms with Gasteiger partial charge in [0, 0.05) is 0 Å². The third kappa shape index (κ3) is 1.96. The van der Waals surface area contributed by atoms with Gasteiger partial charge in [0.15, 0.2) is 0 Å². The summed E-state index contributed by atoms with van der Waals surface area (Å²) < 4.78 is 10.5. The van der Waals surface area contributed by atoms with Gasteiger partial charge >= 0.3 is 0 Å². The van der Waals surface area contributed by atoms with Gasteiger partial charge in [0.1, 0.15) is 0 Å². The van der Waals surface area contributed by atoms with Gasteiger partial charge in [-0.15, -0.1) is 0 Å². The Hall–Kier alpha value is -0.500. The van der Waals surface area contributed by atoms with Gasteiger partial charge in [-0.25, -0.2) is 0 Å². The first-order chi connectivity index (χ1) is 5.33. The van der Waals surface area contributed by atoms with E-state index in [1.165, 1.54) is 0 Å². The molecule has 1 aliphatic rings. The summed E-state index contributed by atoms with van der Waals surface area (Å²) in [6.07, 6.45) is 4.79. The number of ether oxygens (including phenoxy) is 2. The minimum atomic E-state index is 0.319. The summed E-state index contributed by atoms with van der Waals surface area (Å²) in [5, 5.41) is 0. The summed E-state index contributed by atoms with van der Waals surface area (Å²) in [6.45, 7) is 6.66. The lowest BCUT2D eigenvalue weighted by molar-refractivity contribution is -0.139. The highest BCUT2D eigenvalue weighted by molar-refractivity contribution is 4.84. The predicted molar refractivity (Wildman–Crippen MR) is 44.3 cm³/mol. The van der Waals surface area contributed by atoms with E-state index in [1.54, 1.807) is 6.26 Å². The Morgan fingerprint density at radius 3 is 2.64 bits per heavy atom. The van der Waals surface area contributed by atoms with Crippen molar-refractivity contribution in [1.29, 1.82) is 0 Å². The monoisotopic (exact) mass is 156 g/mol. The molecular weight excluding hydrogens is 140 g/mol. The number of hydrogen-bond donors (Lipinski definition) is 0. The van der Waals surface area contributed by atoms with Gasteiger partial charge in [0.05, 0.1) is 31.5 Å². The summed E-state index contributed by atoms with van der Waals surface area (Å²) in [5.41, 5.74) is 0.319. The molecule has 1 rings (SSSR count). The Kier molecular flexibility index (Phi) is 2.94. The van der Waals surface area contributed by atoms with Gasteiger partial charge < -0.3 is 9.47 Å². The fourth-order valence-electron chi connectivity index (χ4n) is 1.10. The predicted octanol–water partition coefficient (Wildman–Crippen LogP) is 1.96. The van der Waals surface area contributed by atoms with Crippen molar-refractivity contribution in [3.63, 3.8) is 0 Å². The van der Waals surface area contributed by atoms with Crippen LogP contribution in [-0.2, 0) is 9.47 Å². The molecule has 2 nitrogen and oxygen atoms in total. The zero-order valence-corrected chi connectivity index (χ0v) is 7.30. The first-order valence-corrected chi connectivity index (χ1v) is 4.13. The normalized spacial score (nSPS) is 21.6. The maximum Gasteiger partial charge on any atom is 0.0973 e. The standard InChI is InChI=1S/C9H16O2/c1-3-5-10-6-9(4-2)7-11-8-9/h3,5H,4,6-8H2,1-2H3/b5-3-. The molecule has 0 aromatic heterocycles. The van der Waals surface area contributed by atoms with Crippen molar-refractivity contribution in [3.05, 3.63) is 12.3 Å². The molecule has 0 spiro atoms. The molecule has 1 aliphatic heterocycles. The Morgan fingerprint density at radius 2 is 2.27 bits per heavy atom. The van der Waals surface area contributed by atoms with Crippen molar-refractivity contribution in [2.24, 2.45) is 5.41 Å². The zero-order chi connectivity index (χ0) is 8.16. The van der Waals surface area contributed by atoms with E-state index in [0.717, 1.165) is 26.2 Å². The minimum Gasteiger partial charge on any atom is -0.501 e. The van der Waals surface area contributed by atoms with Crippen molar-refractivity contribution in [2.75, 3.05) is 19.8 Å². The molecule has 64 valence electrons. The molecule has 1 saturated heterocycles. The molecule has 1 fully saturated rings. The molecule has 0 aromatic carbocycles. The molecule has 0 aromatic rings. The van der Waals surface area contributed by atoms with Gasteiger partial charge in [0.2, 0.25) is 0 Å². The van der Waals surface area contributed by atoms with Crippen molar-refractivity contribution in [3.8, 4) is 0 Å². The SMILES string of the molecule is C/C=C\OCC1(CC)COC1. The number of allylic oxidation sites excluding steroid dienone is 1. The molecular formula is C9H16O2. The van der Waals surface area contributed by atoms with E-state index in [1.807, 2.05) is 13.0 Å². The van der Waals surface area contributed by atoms with Crippen LogP contribution < -0.4 is 0 Å². The molecule has 0 saturated carbocycles. The van der Waals surface area contributed by atoms with E-state index in [4.69, 9.17) is 9.47 Å². The number of rotatable bonds is 4. The number of hydrogen-bond acceptors (Lipinski definition) is 2. The Labute approximate surface area is 68.2 Å². The van der Waals surface area contributed by atoms with Gasteiger partial charge in [-0.3, -0.25) is 0 Å². The van der Waals surface area contributed by atoms with Gasteiger partial charge in [-0.05, 0) is 13.3 Å². The van der Waals surface area contributed by atoms with Crippen molar-refractivity contribution >= 4 is 0 Å². The van der Waals surface area contributed by atoms with Crippen LogP contribution >= 0.6 is 0 Å². The van der Waals surface area contributed by atoms with Crippen LogP contribution in [0.25, 0.3) is 0 Å². The Balaban J connectivity index is 2.21. The quantitative estimate of drug-likeness (QED) is 0.579. The average molecular weight is 156 g/mol. The van der Waals surface area contributed by atoms with E-state index in [9.17, 15) is 0 Å². The molecule has 0 atom stereocenters. The van der Waals surface area contributed by atoms with E-state index < -0.39 is 0 Å². The molecule has 0 radical (unpaired) electrons. The summed E-state index contributed by atoms with van der Waals surface area (Å²) in [7, 11) is 0.